The van der Waals surface area contributed by atoms with Crippen LogP contribution in [0.15, 0.2) is 12.1 Å². The molecule has 8 heteroatoms. The molecule has 130 valence electrons. The van der Waals surface area contributed by atoms with Gasteiger partial charge in [0.05, 0.1) is 0 Å². The molecule has 23 heavy (non-hydrogen) atoms. The van der Waals surface area contributed by atoms with Crippen molar-refractivity contribution in [3.8, 4) is 11.5 Å². The summed E-state index contributed by atoms with van der Waals surface area (Å²) in [7, 11) is 3.05. The zero-order valence-electron chi connectivity index (χ0n) is 13.9. The van der Waals surface area contributed by atoms with Crippen LogP contribution in [0.4, 0.5) is 13.2 Å². The van der Waals surface area contributed by atoms with Crippen LogP contribution < -0.4 is 18.4 Å². The number of carbonyl (C=O) groups is 1. The Labute approximate surface area is 138 Å². The second kappa shape index (κ2) is 7.63. The van der Waals surface area contributed by atoms with Gasteiger partial charge in [-0.1, -0.05) is 0 Å². The SMILES string of the molecule is COc1cc(CCNC(=O)C(F)(F)F)[c]([Sn]([CH3])([CH3])[CH3])cc1OC. The summed E-state index contributed by atoms with van der Waals surface area (Å²) in [6.07, 6.45) is -4.55. The van der Waals surface area contributed by atoms with Gasteiger partial charge in [-0.2, -0.15) is 0 Å². The van der Waals surface area contributed by atoms with E-state index in [1.54, 1.807) is 13.2 Å². The molecular formula is C15H22F3NO3Sn. The summed E-state index contributed by atoms with van der Waals surface area (Å²) in [5.41, 5.74) is 0.897. The Balaban J connectivity index is 3.02. The fraction of sp³-hybridized carbons (Fsp3) is 0.533. The van der Waals surface area contributed by atoms with Gasteiger partial charge in [-0.3, -0.25) is 0 Å². The first kappa shape index (κ1) is 19.9. The van der Waals surface area contributed by atoms with E-state index in [4.69, 9.17) is 9.47 Å². The summed E-state index contributed by atoms with van der Waals surface area (Å²) in [6, 6.07) is 3.70. The number of alkyl halides is 3. The molecule has 0 aliphatic heterocycles. The van der Waals surface area contributed by atoms with Crippen LogP contribution in [-0.4, -0.2) is 51.2 Å². The molecule has 1 rings (SSSR count). The molecule has 0 radical (unpaired) electrons. The standard InChI is InChI=1S/C12H13F3NO3.3CH3.Sn/c1-18-9-4-3-8(7-10(9)19-2)5-6-16-11(17)12(13,14)15;;;;/h4,7H,5-6H2,1-2H3,(H,16,17);3*1H3;. The van der Waals surface area contributed by atoms with Gasteiger partial charge < -0.3 is 0 Å². The molecule has 0 saturated carbocycles. The number of carbonyl (C=O) groups excluding carboxylic acids is 1. The van der Waals surface area contributed by atoms with Crippen LogP contribution in [0.2, 0.25) is 14.8 Å². The first-order valence-electron chi connectivity index (χ1n) is 7.11. The zero-order valence-corrected chi connectivity index (χ0v) is 16.8. The van der Waals surface area contributed by atoms with E-state index in [1.807, 2.05) is 11.4 Å². The topological polar surface area (TPSA) is 47.6 Å². The third-order valence-electron chi connectivity index (χ3n) is 3.35. The number of ether oxygens (including phenoxy) is 2. The maximum atomic E-state index is 12.2. The van der Waals surface area contributed by atoms with Gasteiger partial charge in [-0.05, 0) is 0 Å². The minimum atomic E-state index is -4.86. The van der Waals surface area contributed by atoms with E-state index >= 15 is 0 Å². The Hall–Kier alpha value is -1.12. The Morgan fingerprint density at radius 3 is 2.09 bits per heavy atom. The fourth-order valence-corrected chi connectivity index (χ4v) is 7.16. The zero-order chi connectivity index (χ0) is 17.8. The molecule has 4 nitrogen and oxygen atoms in total. The molecule has 0 fully saturated rings. The number of halogens is 3. The molecule has 0 aromatic heterocycles. The molecular weight excluding hydrogens is 418 g/mol. The molecule has 0 heterocycles. The van der Waals surface area contributed by atoms with Crippen molar-refractivity contribution in [1.29, 1.82) is 0 Å². The van der Waals surface area contributed by atoms with Crippen LogP contribution in [0, 0.1) is 0 Å². The van der Waals surface area contributed by atoms with Gasteiger partial charge in [0.1, 0.15) is 0 Å². The van der Waals surface area contributed by atoms with Crippen molar-refractivity contribution < 1.29 is 27.4 Å². The van der Waals surface area contributed by atoms with E-state index in [0.29, 0.717) is 17.9 Å². The maximum absolute atomic E-state index is 12.2. The van der Waals surface area contributed by atoms with Crippen molar-refractivity contribution in [3.63, 3.8) is 0 Å². The molecule has 1 amide bonds. The van der Waals surface area contributed by atoms with Crippen molar-refractivity contribution in [2.75, 3.05) is 20.8 Å². The number of amides is 1. The van der Waals surface area contributed by atoms with Crippen LogP contribution >= 0.6 is 0 Å². The summed E-state index contributed by atoms with van der Waals surface area (Å²) < 4.78 is 48.4. The van der Waals surface area contributed by atoms with E-state index < -0.39 is 30.5 Å². The van der Waals surface area contributed by atoms with Gasteiger partial charge in [-0.25, -0.2) is 0 Å². The summed E-state index contributed by atoms with van der Waals surface area (Å²) >= 11 is -2.52. The van der Waals surface area contributed by atoms with Crippen LogP contribution in [-0.2, 0) is 11.2 Å². The molecule has 1 N–H and O–H groups in total. The third-order valence-corrected chi connectivity index (χ3v) is 9.30. The fourth-order valence-electron chi connectivity index (χ4n) is 2.24. The van der Waals surface area contributed by atoms with Crippen molar-refractivity contribution in [2.45, 2.75) is 27.4 Å². The Kier molecular flexibility index (Phi) is 6.61. The van der Waals surface area contributed by atoms with E-state index in [2.05, 4.69) is 14.8 Å². The molecule has 0 atom stereocenters. The summed E-state index contributed by atoms with van der Waals surface area (Å²) in [5, 5.41) is 1.90. The van der Waals surface area contributed by atoms with Crippen LogP contribution in [0.1, 0.15) is 5.56 Å². The minimum absolute atomic E-state index is 0.0806. The second-order valence-corrected chi connectivity index (χ2v) is 20.5. The molecule has 0 spiro atoms. The predicted molar refractivity (Wildman–Crippen MR) is 85.3 cm³/mol. The molecule has 0 saturated heterocycles. The van der Waals surface area contributed by atoms with Crippen LogP contribution in [0.5, 0.6) is 11.5 Å². The molecule has 0 bridgehead atoms. The summed E-state index contributed by atoms with van der Waals surface area (Å²) in [4.78, 5) is 17.5. The van der Waals surface area contributed by atoms with Gasteiger partial charge in [0.15, 0.2) is 0 Å². The number of rotatable bonds is 6. The number of methoxy groups -OCH3 is 2. The van der Waals surface area contributed by atoms with Gasteiger partial charge >= 0.3 is 138 Å². The number of hydrogen-bond acceptors (Lipinski definition) is 3. The summed E-state index contributed by atoms with van der Waals surface area (Å²) in [6.45, 7) is -0.0806. The average molecular weight is 440 g/mol. The van der Waals surface area contributed by atoms with Gasteiger partial charge in [0.2, 0.25) is 0 Å². The van der Waals surface area contributed by atoms with E-state index in [-0.39, 0.29) is 6.54 Å². The van der Waals surface area contributed by atoms with E-state index in [9.17, 15) is 18.0 Å². The average Bonchev–Trinajstić information content (AvgIpc) is 2.44. The molecule has 1 aromatic carbocycles. The normalized spacial score (nSPS) is 12.0. The molecule has 0 aliphatic rings. The quantitative estimate of drug-likeness (QED) is 0.692. The van der Waals surface area contributed by atoms with Crippen molar-refractivity contribution in [3.05, 3.63) is 17.7 Å². The van der Waals surface area contributed by atoms with E-state index in [0.717, 1.165) is 9.14 Å². The number of nitrogens with one attached hydrogen (secondary N) is 1. The predicted octanol–water partition coefficient (Wildman–Crippen LogP) is 2.47. The first-order valence-corrected chi connectivity index (χ1v) is 17.1. The Morgan fingerprint density at radius 2 is 1.65 bits per heavy atom. The van der Waals surface area contributed by atoms with Gasteiger partial charge in [0, 0.05) is 0 Å². The molecule has 0 unspecified atom stereocenters. The Bertz CT molecular complexity index is 568. The molecule has 0 aliphatic carbocycles. The van der Waals surface area contributed by atoms with Gasteiger partial charge in [-0.15, -0.1) is 0 Å². The van der Waals surface area contributed by atoms with Gasteiger partial charge in [0.25, 0.3) is 0 Å². The third kappa shape index (κ3) is 5.47. The van der Waals surface area contributed by atoms with Crippen LogP contribution in [0.3, 0.4) is 0 Å². The molecule has 1 aromatic rings. The van der Waals surface area contributed by atoms with Crippen molar-refractivity contribution >= 4 is 27.9 Å². The van der Waals surface area contributed by atoms with Crippen molar-refractivity contribution in [2.24, 2.45) is 0 Å². The monoisotopic (exact) mass is 441 g/mol. The van der Waals surface area contributed by atoms with Crippen molar-refractivity contribution in [1.82, 2.24) is 5.32 Å². The number of hydrogen-bond donors (Lipinski definition) is 1. The summed E-state index contributed by atoms with van der Waals surface area (Å²) in [5.74, 6) is -0.778. The number of benzene rings is 1. The van der Waals surface area contributed by atoms with E-state index in [1.165, 1.54) is 7.11 Å². The second-order valence-electron chi connectivity index (χ2n) is 6.12. The first-order chi connectivity index (χ1) is 10.5. The van der Waals surface area contributed by atoms with Crippen LogP contribution in [0.25, 0.3) is 0 Å². The Morgan fingerprint density at radius 1 is 1.13 bits per heavy atom.